The third kappa shape index (κ3) is 3.29. The lowest BCUT2D eigenvalue weighted by atomic mass is 9.96. The number of aryl methyl sites for hydroxylation is 1. The van der Waals surface area contributed by atoms with E-state index in [9.17, 15) is 0 Å². The number of para-hydroxylation sites is 1. The van der Waals surface area contributed by atoms with Crippen molar-refractivity contribution in [2.75, 3.05) is 0 Å². The summed E-state index contributed by atoms with van der Waals surface area (Å²) in [6, 6.07) is 33.1. The van der Waals surface area contributed by atoms with Crippen LogP contribution in [0, 0.1) is 0 Å². The Labute approximate surface area is 190 Å². The highest BCUT2D eigenvalue weighted by atomic mass is 15.5. The quantitative estimate of drug-likeness (QED) is 0.369. The van der Waals surface area contributed by atoms with Crippen molar-refractivity contribution in [2.45, 2.75) is 0 Å². The van der Waals surface area contributed by atoms with E-state index in [0.717, 1.165) is 44.5 Å². The van der Waals surface area contributed by atoms with Crippen molar-refractivity contribution < 1.29 is 0 Å². The monoisotopic (exact) mass is 428 g/mol. The molecule has 0 unspecified atom stereocenters. The summed E-state index contributed by atoms with van der Waals surface area (Å²) in [6.45, 7) is 0. The molecule has 0 aliphatic heterocycles. The molecule has 33 heavy (non-hydrogen) atoms. The summed E-state index contributed by atoms with van der Waals surface area (Å²) in [7, 11) is 1.99. The van der Waals surface area contributed by atoms with Crippen LogP contribution in [0.2, 0.25) is 0 Å². The van der Waals surface area contributed by atoms with Crippen molar-refractivity contribution in [3.05, 3.63) is 103 Å². The molecule has 0 aliphatic rings. The number of tetrazole rings is 1. The summed E-state index contributed by atoms with van der Waals surface area (Å²) in [4.78, 5) is 4.43. The molecule has 0 atom stereocenters. The van der Waals surface area contributed by atoms with Crippen LogP contribution in [-0.4, -0.2) is 29.8 Å². The maximum atomic E-state index is 4.46. The molecule has 6 aromatic rings. The first-order valence-electron chi connectivity index (χ1n) is 10.7. The van der Waals surface area contributed by atoms with E-state index in [0.29, 0.717) is 5.82 Å². The van der Waals surface area contributed by atoms with Crippen molar-refractivity contribution in [3.8, 4) is 39.3 Å². The number of hydrogen-bond acceptors (Lipinski definition) is 4. The van der Waals surface area contributed by atoms with Gasteiger partial charge in [0, 0.05) is 23.7 Å². The van der Waals surface area contributed by atoms with Gasteiger partial charge in [-0.2, -0.15) is 4.68 Å². The lowest BCUT2D eigenvalue weighted by molar-refractivity contribution is 0.793. The minimum absolute atomic E-state index is 0.679. The molecule has 158 valence electrons. The fraction of sp³-hybridized carbons (Fsp3) is 0.0370. The van der Waals surface area contributed by atoms with Gasteiger partial charge in [-0.1, -0.05) is 78.9 Å². The second-order valence-corrected chi connectivity index (χ2v) is 7.91. The maximum absolute atomic E-state index is 4.46. The Morgan fingerprint density at radius 2 is 1.33 bits per heavy atom. The number of benzene rings is 4. The van der Waals surface area contributed by atoms with Crippen LogP contribution in [-0.2, 0) is 7.05 Å². The zero-order chi connectivity index (χ0) is 22.2. The van der Waals surface area contributed by atoms with E-state index in [1.54, 1.807) is 0 Å². The molecule has 0 radical (unpaired) electrons. The number of nitrogens with zero attached hydrogens (tertiary/aromatic N) is 6. The first-order valence-corrected chi connectivity index (χ1v) is 10.7. The van der Waals surface area contributed by atoms with Crippen LogP contribution in [0.25, 0.3) is 50.4 Å². The number of aromatic nitrogens is 6. The summed E-state index contributed by atoms with van der Waals surface area (Å²) in [6.07, 6.45) is 1.82. The van der Waals surface area contributed by atoms with E-state index in [4.69, 9.17) is 0 Å². The average Bonchev–Trinajstić information content (AvgIpc) is 3.51. The van der Waals surface area contributed by atoms with Crippen molar-refractivity contribution >= 4 is 11.0 Å². The molecule has 6 nitrogen and oxygen atoms in total. The Kier molecular flexibility index (Phi) is 4.54. The molecule has 0 saturated heterocycles. The van der Waals surface area contributed by atoms with Gasteiger partial charge < -0.3 is 4.57 Å². The highest BCUT2D eigenvalue weighted by molar-refractivity contribution is 5.87. The van der Waals surface area contributed by atoms with Crippen molar-refractivity contribution in [2.24, 2.45) is 7.05 Å². The van der Waals surface area contributed by atoms with Crippen LogP contribution in [0.4, 0.5) is 0 Å². The number of imidazole rings is 1. The summed E-state index contributed by atoms with van der Waals surface area (Å²) in [5, 5.41) is 13.0. The van der Waals surface area contributed by atoms with E-state index in [-0.39, 0.29) is 0 Å². The second kappa shape index (κ2) is 7.84. The first kappa shape index (κ1) is 19.1. The van der Waals surface area contributed by atoms with Crippen molar-refractivity contribution in [1.29, 1.82) is 0 Å². The van der Waals surface area contributed by atoms with E-state index in [1.807, 2.05) is 71.2 Å². The highest BCUT2D eigenvalue weighted by Crippen LogP contribution is 2.37. The minimum atomic E-state index is 0.679. The molecular formula is C27H20N6. The van der Waals surface area contributed by atoms with Crippen LogP contribution >= 0.6 is 0 Å². The zero-order valence-corrected chi connectivity index (χ0v) is 18.0. The number of hydrogen-bond donors (Lipinski definition) is 0. The molecule has 0 bridgehead atoms. The minimum Gasteiger partial charge on any atom is -0.334 e. The molecule has 6 rings (SSSR count). The average molecular weight is 428 g/mol. The maximum Gasteiger partial charge on any atom is 0.187 e. The van der Waals surface area contributed by atoms with E-state index in [2.05, 4.69) is 69.0 Å². The third-order valence-electron chi connectivity index (χ3n) is 5.87. The van der Waals surface area contributed by atoms with Gasteiger partial charge in [0.15, 0.2) is 5.82 Å². The van der Waals surface area contributed by atoms with Crippen LogP contribution < -0.4 is 0 Å². The second-order valence-electron chi connectivity index (χ2n) is 7.91. The van der Waals surface area contributed by atoms with Crippen LogP contribution in [0.1, 0.15) is 0 Å². The molecule has 0 saturated carbocycles. The number of fused-ring (bicyclic) bond motifs is 1. The third-order valence-corrected chi connectivity index (χ3v) is 5.87. The van der Waals surface area contributed by atoms with Gasteiger partial charge in [-0.3, -0.25) is 0 Å². The molecule has 0 N–H and O–H groups in total. The van der Waals surface area contributed by atoms with Crippen LogP contribution in [0.15, 0.2) is 103 Å². The van der Waals surface area contributed by atoms with Gasteiger partial charge in [0.1, 0.15) is 0 Å². The molecule has 0 fully saturated rings. The number of rotatable bonds is 4. The van der Waals surface area contributed by atoms with Gasteiger partial charge in [-0.15, -0.1) is 5.10 Å². The molecular weight excluding hydrogens is 408 g/mol. The van der Waals surface area contributed by atoms with Gasteiger partial charge in [0.2, 0.25) is 0 Å². The smallest absolute Gasteiger partial charge is 0.187 e. The topological polar surface area (TPSA) is 61.4 Å². The summed E-state index contributed by atoms with van der Waals surface area (Å²) in [5.74, 6) is 0.679. The van der Waals surface area contributed by atoms with E-state index in [1.165, 1.54) is 0 Å². The fourth-order valence-electron chi connectivity index (χ4n) is 4.26. The van der Waals surface area contributed by atoms with Crippen LogP contribution in [0.3, 0.4) is 0 Å². The van der Waals surface area contributed by atoms with Gasteiger partial charge in [-0.25, -0.2) is 4.98 Å². The SMILES string of the molecule is Cn1cnc2ccc(-c3nnnn3-c3c(-c4ccccc4)cccc3-c3ccccc3)cc21. The highest BCUT2D eigenvalue weighted by Gasteiger charge is 2.20. The standard InChI is InChI=1S/C27H20N6/c1-32-18-28-24-16-15-21(17-25(24)32)27-29-30-31-33(27)26-22(19-9-4-2-5-10-19)13-8-14-23(26)20-11-6-3-7-12-20/h2-18H,1H3. The predicted octanol–water partition coefficient (Wildman–Crippen LogP) is 5.55. The Bertz CT molecular complexity index is 1510. The summed E-state index contributed by atoms with van der Waals surface area (Å²) < 4.78 is 3.85. The van der Waals surface area contributed by atoms with Crippen molar-refractivity contribution in [1.82, 2.24) is 29.8 Å². The molecule has 2 heterocycles. The first-order chi connectivity index (χ1) is 16.3. The normalized spacial score (nSPS) is 11.2. The van der Waals surface area contributed by atoms with E-state index >= 15 is 0 Å². The Morgan fingerprint density at radius 3 is 2.00 bits per heavy atom. The van der Waals surface area contributed by atoms with Gasteiger partial charge in [0.25, 0.3) is 0 Å². The lowest BCUT2D eigenvalue weighted by Crippen LogP contribution is -2.05. The van der Waals surface area contributed by atoms with Crippen molar-refractivity contribution in [3.63, 3.8) is 0 Å². The summed E-state index contributed by atoms with van der Waals surface area (Å²) in [5.41, 5.74) is 8.18. The zero-order valence-electron chi connectivity index (χ0n) is 18.0. The molecule has 0 amide bonds. The fourth-order valence-corrected chi connectivity index (χ4v) is 4.26. The van der Waals surface area contributed by atoms with Gasteiger partial charge in [-0.05, 0) is 39.8 Å². The Hall–Kier alpha value is -4.58. The molecule has 0 spiro atoms. The van der Waals surface area contributed by atoms with Gasteiger partial charge >= 0.3 is 0 Å². The Balaban J connectivity index is 1.63. The van der Waals surface area contributed by atoms with E-state index < -0.39 is 0 Å². The van der Waals surface area contributed by atoms with Crippen LogP contribution in [0.5, 0.6) is 0 Å². The summed E-state index contributed by atoms with van der Waals surface area (Å²) >= 11 is 0. The lowest BCUT2D eigenvalue weighted by Gasteiger charge is -2.16. The largest absolute Gasteiger partial charge is 0.334 e. The molecule has 4 aromatic carbocycles. The molecule has 6 heteroatoms. The van der Waals surface area contributed by atoms with Gasteiger partial charge in [0.05, 0.1) is 23.0 Å². The molecule has 0 aliphatic carbocycles. The predicted molar refractivity (Wildman–Crippen MR) is 130 cm³/mol. The Morgan fingerprint density at radius 1 is 0.667 bits per heavy atom. The molecule has 2 aromatic heterocycles.